The third kappa shape index (κ3) is 3.81. The Morgan fingerprint density at radius 3 is 2.30 bits per heavy atom. The molecule has 0 spiro atoms. The number of hydrogen-bond donors (Lipinski definition) is 2. The molecule has 2 aliphatic heterocycles. The maximum Gasteiger partial charge on any atom is 0.335 e. The quantitative estimate of drug-likeness (QED) is 0.307. The summed E-state index contributed by atoms with van der Waals surface area (Å²) >= 11 is 6.72. The second kappa shape index (κ2) is 9.89. The average molecular weight is 611 g/mol. The first-order chi connectivity index (χ1) is 21.0. The number of phenols is 1. The number of amides is 4. The minimum Gasteiger partial charge on any atom is -0.508 e. The number of imide groups is 2. The van der Waals surface area contributed by atoms with E-state index in [2.05, 4.69) is 0 Å². The molecule has 2 saturated heterocycles. The Kier molecular flexibility index (Phi) is 6.30. The van der Waals surface area contributed by atoms with Crippen LogP contribution < -0.4 is 9.80 Å². The van der Waals surface area contributed by atoms with Crippen molar-refractivity contribution in [1.29, 1.82) is 0 Å². The van der Waals surface area contributed by atoms with E-state index >= 15 is 0 Å². The molecule has 7 rings (SSSR count). The molecule has 44 heavy (non-hydrogen) atoms. The van der Waals surface area contributed by atoms with E-state index in [9.17, 15) is 34.2 Å². The molecule has 9 nitrogen and oxygen atoms in total. The van der Waals surface area contributed by atoms with Gasteiger partial charge in [0, 0.05) is 10.9 Å². The summed E-state index contributed by atoms with van der Waals surface area (Å²) in [5, 5.41) is 19.8. The molecule has 10 heteroatoms. The van der Waals surface area contributed by atoms with Crippen LogP contribution >= 0.6 is 11.6 Å². The van der Waals surface area contributed by atoms with Crippen LogP contribution in [0, 0.1) is 29.1 Å². The van der Waals surface area contributed by atoms with Gasteiger partial charge in [0.25, 0.3) is 0 Å². The molecule has 222 valence electrons. The van der Waals surface area contributed by atoms with Gasteiger partial charge in [-0.3, -0.25) is 24.1 Å². The number of allylic oxidation sites excluding steroid dienone is 2. The highest BCUT2D eigenvalue weighted by molar-refractivity contribution is 6.32. The number of carboxylic acids is 1. The third-order valence-electron chi connectivity index (χ3n) is 9.94. The van der Waals surface area contributed by atoms with Gasteiger partial charge in [0.05, 0.1) is 40.1 Å². The van der Waals surface area contributed by atoms with E-state index in [-0.39, 0.29) is 46.7 Å². The second-order valence-corrected chi connectivity index (χ2v) is 12.5. The fraction of sp³-hybridized carbons (Fsp3) is 0.265. The number of aromatic carboxylic acids is 1. The summed E-state index contributed by atoms with van der Waals surface area (Å²) in [5.41, 5.74) is 0.616. The number of rotatable bonds is 4. The zero-order valence-corrected chi connectivity index (χ0v) is 24.3. The molecule has 0 unspecified atom stereocenters. The lowest BCUT2D eigenvalue weighted by Crippen LogP contribution is -2.49. The van der Waals surface area contributed by atoms with Crippen LogP contribution in [0.2, 0.25) is 5.02 Å². The van der Waals surface area contributed by atoms with Gasteiger partial charge in [0.15, 0.2) is 0 Å². The van der Waals surface area contributed by atoms with E-state index in [4.69, 9.17) is 11.6 Å². The minimum absolute atomic E-state index is 0.0525. The number of carboxylic acid groups (broad SMARTS) is 1. The van der Waals surface area contributed by atoms with E-state index in [0.717, 1.165) is 10.5 Å². The van der Waals surface area contributed by atoms with Crippen molar-refractivity contribution in [2.24, 2.45) is 29.1 Å². The van der Waals surface area contributed by atoms with E-state index < -0.39 is 52.8 Å². The number of fused-ring (bicyclic) bond motifs is 4. The molecule has 3 aromatic rings. The Morgan fingerprint density at radius 1 is 0.864 bits per heavy atom. The zero-order valence-electron chi connectivity index (χ0n) is 23.5. The number of aromatic hydroxyl groups is 1. The lowest BCUT2D eigenvalue weighted by Gasteiger charge is -2.49. The number of carbonyl (C=O) groups excluding carboxylic acids is 4. The molecular formula is C34H27ClN2O7. The van der Waals surface area contributed by atoms with Crippen molar-refractivity contribution in [3.05, 3.63) is 101 Å². The molecule has 4 amide bonds. The Hall–Kier alpha value is -4.76. The number of anilines is 2. The lowest BCUT2D eigenvalue weighted by molar-refractivity contribution is -0.131. The molecule has 2 N–H and O–H groups in total. The molecule has 2 aliphatic carbocycles. The normalized spacial score (nSPS) is 29.3. The lowest BCUT2D eigenvalue weighted by atomic mass is 9.51. The Bertz CT molecular complexity index is 1820. The molecule has 0 aromatic heterocycles. The third-order valence-corrected chi connectivity index (χ3v) is 10.3. The van der Waals surface area contributed by atoms with E-state index in [1.54, 1.807) is 43.3 Å². The van der Waals surface area contributed by atoms with Gasteiger partial charge in [-0.05, 0) is 73.7 Å². The molecule has 6 atom stereocenters. The zero-order chi connectivity index (χ0) is 31.1. The van der Waals surface area contributed by atoms with Gasteiger partial charge < -0.3 is 10.2 Å². The van der Waals surface area contributed by atoms with Gasteiger partial charge in [-0.2, -0.15) is 0 Å². The molecule has 0 radical (unpaired) electrons. The highest BCUT2D eigenvalue weighted by atomic mass is 35.5. The second-order valence-electron chi connectivity index (χ2n) is 12.1. The van der Waals surface area contributed by atoms with Crippen molar-refractivity contribution in [1.82, 2.24) is 0 Å². The summed E-state index contributed by atoms with van der Waals surface area (Å²) in [6.07, 6.45) is 2.31. The summed E-state index contributed by atoms with van der Waals surface area (Å²) in [5.74, 6) is -6.49. The molecule has 3 fully saturated rings. The van der Waals surface area contributed by atoms with Gasteiger partial charge in [-0.15, -0.1) is 0 Å². The summed E-state index contributed by atoms with van der Waals surface area (Å²) in [6.45, 7) is 1.77. The highest BCUT2D eigenvalue weighted by Gasteiger charge is 2.67. The molecule has 1 saturated carbocycles. The van der Waals surface area contributed by atoms with Gasteiger partial charge in [-0.25, -0.2) is 9.69 Å². The first-order valence-electron chi connectivity index (χ1n) is 14.4. The van der Waals surface area contributed by atoms with E-state index in [1.165, 1.54) is 41.3 Å². The highest BCUT2D eigenvalue weighted by Crippen LogP contribution is 2.64. The number of carbonyl (C=O) groups is 5. The predicted molar refractivity (Wildman–Crippen MR) is 160 cm³/mol. The van der Waals surface area contributed by atoms with Crippen LogP contribution in [0.3, 0.4) is 0 Å². The molecule has 0 bridgehead atoms. The summed E-state index contributed by atoms with van der Waals surface area (Å²) in [4.78, 5) is 70.4. The summed E-state index contributed by atoms with van der Waals surface area (Å²) < 4.78 is 0. The number of nitrogens with zero attached hydrogens (tertiary/aromatic N) is 2. The summed E-state index contributed by atoms with van der Waals surface area (Å²) in [7, 11) is 0. The average Bonchev–Trinajstić information content (AvgIpc) is 3.37. The van der Waals surface area contributed by atoms with Crippen molar-refractivity contribution in [2.75, 3.05) is 9.80 Å². The standard InChI is InChI=1S/C34H27ClN2O7/c1-34-25(30(40)37(33(34)44)18-7-3-2-4-8-18)16-24-21(28(34)22-11-10-20(38)15-26(22)35)12-13-23-27(24)31(41)36(29(23)39)19-9-5-6-17(14-19)32(42)43/h2-12,14-15,23-25,27-28,38H,13,16H2,1H3,(H,42,43)/t23-,24+,25-,27-,28+,34+/m0/s1. The van der Waals surface area contributed by atoms with Crippen molar-refractivity contribution >= 4 is 52.6 Å². The topological polar surface area (TPSA) is 132 Å². The van der Waals surface area contributed by atoms with E-state index in [1.807, 2.05) is 6.08 Å². The van der Waals surface area contributed by atoms with Crippen LogP contribution in [0.1, 0.15) is 41.6 Å². The van der Waals surface area contributed by atoms with E-state index in [0.29, 0.717) is 11.3 Å². The van der Waals surface area contributed by atoms with Gasteiger partial charge in [0.2, 0.25) is 23.6 Å². The fourth-order valence-corrected chi connectivity index (χ4v) is 8.25. The largest absolute Gasteiger partial charge is 0.508 e. The molecular weight excluding hydrogens is 584 g/mol. The Labute approximate surface area is 257 Å². The van der Waals surface area contributed by atoms with Gasteiger partial charge in [0.1, 0.15) is 5.75 Å². The number of halogens is 1. The SMILES string of the molecule is C[C@@]12C(=O)N(c3ccccc3)C(=O)[C@@H]1C[C@@H]1C(=CC[C@@H]3C(=O)N(c4cccc(C(=O)O)c4)C(=O)[C@@H]31)[C@@H]2c1ccc(O)cc1Cl. The van der Waals surface area contributed by atoms with Crippen LogP contribution in [-0.4, -0.2) is 39.8 Å². The number of benzene rings is 3. The van der Waals surface area contributed by atoms with Crippen molar-refractivity contribution in [3.63, 3.8) is 0 Å². The van der Waals surface area contributed by atoms with Crippen molar-refractivity contribution < 1.29 is 34.2 Å². The van der Waals surface area contributed by atoms with Gasteiger partial charge in [-0.1, -0.05) is 53.6 Å². The first kappa shape index (κ1) is 28.0. The van der Waals surface area contributed by atoms with Crippen LogP contribution in [0.5, 0.6) is 5.75 Å². The van der Waals surface area contributed by atoms with Crippen LogP contribution in [0.25, 0.3) is 0 Å². The molecule has 2 heterocycles. The number of hydrogen-bond acceptors (Lipinski definition) is 6. The van der Waals surface area contributed by atoms with Crippen LogP contribution in [0.4, 0.5) is 11.4 Å². The number of phenolic OH excluding ortho intramolecular Hbond substituents is 1. The summed E-state index contributed by atoms with van der Waals surface area (Å²) in [6, 6.07) is 18.9. The Morgan fingerprint density at radius 2 is 1.59 bits per heavy atom. The number of para-hydroxylation sites is 1. The monoisotopic (exact) mass is 610 g/mol. The van der Waals surface area contributed by atoms with Crippen LogP contribution in [-0.2, 0) is 19.2 Å². The van der Waals surface area contributed by atoms with Crippen molar-refractivity contribution in [2.45, 2.75) is 25.7 Å². The van der Waals surface area contributed by atoms with Crippen LogP contribution in [0.15, 0.2) is 84.4 Å². The Balaban J connectivity index is 1.36. The maximum absolute atomic E-state index is 14.4. The first-order valence-corrected chi connectivity index (χ1v) is 14.7. The predicted octanol–water partition coefficient (Wildman–Crippen LogP) is 5.18. The fourth-order valence-electron chi connectivity index (χ4n) is 7.97. The smallest absolute Gasteiger partial charge is 0.335 e. The molecule has 3 aromatic carbocycles. The van der Waals surface area contributed by atoms with Gasteiger partial charge >= 0.3 is 5.97 Å². The maximum atomic E-state index is 14.4. The molecule has 4 aliphatic rings. The van der Waals surface area contributed by atoms with Crippen molar-refractivity contribution in [3.8, 4) is 5.75 Å². The minimum atomic E-state index is -1.26.